The fourth-order valence-corrected chi connectivity index (χ4v) is 7.04. The van der Waals surface area contributed by atoms with E-state index in [0.29, 0.717) is 5.41 Å². The molecule has 1 saturated heterocycles. The molecule has 0 radical (unpaired) electrons. The maximum Gasteiger partial charge on any atom is 0.0684 e. The maximum absolute atomic E-state index is 6.26. The van der Waals surface area contributed by atoms with Crippen molar-refractivity contribution >= 4 is 17.8 Å². The van der Waals surface area contributed by atoms with Crippen LogP contribution in [0.3, 0.4) is 0 Å². The Morgan fingerprint density at radius 1 is 1.14 bits per heavy atom. The summed E-state index contributed by atoms with van der Waals surface area (Å²) >= 11 is 2.00. The Morgan fingerprint density at radius 2 is 1.93 bits per heavy atom. The molecule has 1 aromatic carbocycles. The van der Waals surface area contributed by atoms with Gasteiger partial charge in [0.1, 0.15) is 0 Å². The zero-order chi connectivity index (χ0) is 19.8. The quantitative estimate of drug-likeness (QED) is 0.513. The topological polar surface area (TPSA) is 9.23 Å². The summed E-state index contributed by atoms with van der Waals surface area (Å²) in [6.07, 6.45) is 18.4. The van der Waals surface area contributed by atoms with Crippen LogP contribution in [-0.2, 0) is 11.2 Å². The summed E-state index contributed by atoms with van der Waals surface area (Å²) in [5.74, 6) is 0. The highest BCUT2D eigenvalue weighted by Gasteiger charge is 2.46. The monoisotopic (exact) mass is 396 g/mol. The van der Waals surface area contributed by atoms with E-state index in [1.165, 1.54) is 61.6 Å². The van der Waals surface area contributed by atoms with E-state index in [2.05, 4.69) is 51.3 Å². The molecular formula is C26H36OS. The van der Waals surface area contributed by atoms with Crippen molar-refractivity contribution in [1.29, 1.82) is 0 Å². The Kier molecular flexibility index (Phi) is 5.82. The van der Waals surface area contributed by atoms with Crippen LogP contribution in [0.4, 0.5) is 0 Å². The van der Waals surface area contributed by atoms with Crippen molar-refractivity contribution in [2.75, 3.05) is 12.9 Å². The molecule has 0 N–H and O–H groups in total. The summed E-state index contributed by atoms with van der Waals surface area (Å²) in [6.45, 7) is 7.76. The lowest BCUT2D eigenvalue weighted by molar-refractivity contribution is -0.0460. The number of aryl methyl sites for hydroxylation is 2. The second-order valence-corrected chi connectivity index (χ2v) is 10.2. The molecule has 0 aromatic heterocycles. The SMILES string of the molecule is CCC=C(SC)C1(CC2=Cc3cc(C)cc(C)c3C2)CCC2(CCCO2)CC1. The second-order valence-electron chi connectivity index (χ2n) is 9.40. The van der Waals surface area contributed by atoms with Crippen molar-refractivity contribution in [3.05, 3.63) is 50.9 Å². The Hall–Kier alpha value is -0.990. The van der Waals surface area contributed by atoms with Crippen molar-refractivity contribution in [3.8, 4) is 0 Å². The molecule has 1 aliphatic heterocycles. The average Bonchev–Trinajstić information content (AvgIpc) is 3.29. The molecule has 4 rings (SSSR count). The first-order valence-electron chi connectivity index (χ1n) is 11.2. The first-order chi connectivity index (χ1) is 13.5. The van der Waals surface area contributed by atoms with Crippen molar-refractivity contribution in [3.63, 3.8) is 0 Å². The Balaban J connectivity index is 1.60. The van der Waals surface area contributed by atoms with Crippen molar-refractivity contribution in [2.45, 2.75) is 84.2 Å². The number of allylic oxidation sites excluding steroid dienone is 3. The lowest BCUT2D eigenvalue weighted by Gasteiger charge is -2.46. The number of ether oxygens (including phenoxy) is 1. The van der Waals surface area contributed by atoms with Crippen molar-refractivity contribution in [2.24, 2.45) is 5.41 Å². The molecule has 0 unspecified atom stereocenters. The number of rotatable bonds is 5. The number of hydrogen-bond donors (Lipinski definition) is 0. The van der Waals surface area contributed by atoms with Gasteiger partial charge in [-0.25, -0.2) is 0 Å². The van der Waals surface area contributed by atoms with E-state index in [9.17, 15) is 0 Å². The minimum Gasteiger partial charge on any atom is -0.375 e. The zero-order valence-corrected chi connectivity index (χ0v) is 19.0. The third-order valence-corrected chi connectivity index (χ3v) is 8.46. The average molecular weight is 397 g/mol. The molecule has 1 saturated carbocycles. The van der Waals surface area contributed by atoms with E-state index in [0.717, 1.165) is 19.4 Å². The van der Waals surface area contributed by atoms with Crippen LogP contribution in [0, 0.1) is 19.3 Å². The van der Waals surface area contributed by atoms with Gasteiger partial charge in [-0.3, -0.25) is 0 Å². The first-order valence-corrected chi connectivity index (χ1v) is 12.4. The standard InChI is InChI=1S/C26H36OS/c1-5-7-24(28-4)25(9-11-26(12-10-25)8-6-13-27-26)18-21-16-22-15-19(2)14-20(3)23(22)17-21/h7,14-16H,5-6,8-13,17-18H2,1-4H3. The largest absolute Gasteiger partial charge is 0.375 e. The number of fused-ring (bicyclic) bond motifs is 1. The third-order valence-electron chi connectivity index (χ3n) is 7.42. The molecule has 0 bridgehead atoms. The van der Waals surface area contributed by atoms with Gasteiger partial charge >= 0.3 is 0 Å². The van der Waals surface area contributed by atoms with Crippen LogP contribution in [0.25, 0.3) is 6.08 Å². The van der Waals surface area contributed by atoms with Crippen LogP contribution in [-0.4, -0.2) is 18.5 Å². The molecule has 1 aromatic rings. The summed E-state index contributed by atoms with van der Waals surface area (Å²) in [7, 11) is 0. The van der Waals surface area contributed by atoms with E-state index < -0.39 is 0 Å². The molecule has 152 valence electrons. The smallest absolute Gasteiger partial charge is 0.0684 e. The van der Waals surface area contributed by atoms with Gasteiger partial charge < -0.3 is 4.74 Å². The normalized spacial score (nSPS) is 30.0. The predicted octanol–water partition coefficient (Wildman–Crippen LogP) is 7.40. The van der Waals surface area contributed by atoms with Gasteiger partial charge in [0.2, 0.25) is 0 Å². The lowest BCUT2D eigenvalue weighted by atomic mass is 9.64. The molecule has 1 spiro atoms. The molecular weight excluding hydrogens is 360 g/mol. The summed E-state index contributed by atoms with van der Waals surface area (Å²) < 4.78 is 6.26. The number of hydrogen-bond acceptors (Lipinski definition) is 2. The molecule has 2 aliphatic carbocycles. The minimum atomic E-state index is 0.208. The summed E-state index contributed by atoms with van der Waals surface area (Å²) in [5.41, 5.74) is 8.06. The fraction of sp³-hybridized carbons (Fsp3) is 0.615. The van der Waals surface area contributed by atoms with E-state index in [-0.39, 0.29) is 5.60 Å². The second kappa shape index (κ2) is 8.03. The molecule has 2 fully saturated rings. The lowest BCUT2D eigenvalue weighted by Crippen LogP contribution is -2.39. The molecule has 3 aliphatic rings. The summed E-state index contributed by atoms with van der Waals surface area (Å²) in [4.78, 5) is 1.63. The van der Waals surface area contributed by atoms with Crippen molar-refractivity contribution < 1.29 is 4.74 Å². The van der Waals surface area contributed by atoms with E-state index in [4.69, 9.17) is 4.74 Å². The highest BCUT2D eigenvalue weighted by Crippen LogP contribution is 2.56. The molecule has 1 nitrogen and oxygen atoms in total. The van der Waals surface area contributed by atoms with Gasteiger partial charge in [-0.2, -0.15) is 0 Å². The molecule has 0 atom stereocenters. The maximum atomic E-state index is 6.26. The molecule has 28 heavy (non-hydrogen) atoms. The van der Waals surface area contributed by atoms with Gasteiger partial charge in [-0.1, -0.05) is 42.3 Å². The van der Waals surface area contributed by atoms with E-state index >= 15 is 0 Å². The highest BCUT2D eigenvalue weighted by atomic mass is 32.2. The van der Waals surface area contributed by atoms with Crippen LogP contribution in [0.2, 0.25) is 0 Å². The van der Waals surface area contributed by atoms with Crippen LogP contribution in [0.1, 0.15) is 80.5 Å². The number of thioether (sulfide) groups is 1. The number of benzene rings is 1. The Bertz CT molecular complexity index is 785. The van der Waals surface area contributed by atoms with Crippen LogP contribution in [0.5, 0.6) is 0 Å². The van der Waals surface area contributed by atoms with Crippen LogP contribution in [0.15, 0.2) is 28.7 Å². The van der Waals surface area contributed by atoms with Gasteiger partial charge in [0.25, 0.3) is 0 Å². The Morgan fingerprint density at radius 3 is 2.57 bits per heavy atom. The van der Waals surface area contributed by atoms with Gasteiger partial charge in [0.15, 0.2) is 0 Å². The first kappa shape index (κ1) is 20.3. The molecule has 2 heteroatoms. The summed E-state index contributed by atoms with van der Waals surface area (Å²) in [6, 6.07) is 4.72. The zero-order valence-electron chi connectivity index (χ0n) is 18.2. The third kappa shape index (κ3) is 3.75. The predicted molar refractivity (Wildman–Crippen MR) is 123 cm³/mol. The highest BCUT2D eigenvalue weighted by molar-refractivity contribution is 8.02. The fourth-order valence-electron chi connectivity index (χ4n) is 5.99. The van der Waals surface area contributed by atoms with Crippen LogP contribution >= 0.6 is 11.8 Å². The minimum absolute atomic E-state index is 0.208. The van der Waals surface area contributed by atoms with Gasteiger partial charge in [-0.05, 0) is 99.5 Å². The Labute approximate surface area is 176 Å². The van der Waals surface area contributed by atoms with E-state index in [1.54, 1.807) is 16.0 Å². The van der Waals surface area contributed by atoms with E-state index in [1.807, 2.05) is 11.8 Å². The van der Waals surface area contributed by atoms with Gasteiger partial charge in [0.05, 0.1) is 5.60 Å². The molecule has 1 heterocycles. The van der Waals surface area contributed by atoms with Crippen molar-refractivity contribution in [1.82, 2.24) is 0 Å². The van der Waals surface area contributed by atoms with Gasteiger partial charge in [0, 0.05) is 12.0 Å². The van der Waals surface area contributed by atoms with Gasteiger partial charge in [-0.15, -0.1) is 11.8 Å². The van der Waals surface area contributed by atoms with Crippen LogP contribution < -0.4 is 0 Å². The molecule has 0 amide bonds. The summed E-state index contributed by atoms with van der Waals surface area (Å²) in [5, 5.41) is 0.